The fourth-order valence-electron chi connectivity index (χ4n) is 4.08. The fraction of sp³-hybridized carbons (Fsp3) is 0.500. The SMILES string of the molecule is CN=C(NCc1nc(C)cs1)NC1CC2(CCCC2)Oc2ccccc21.I. The van der Waals surface area contributed by atoms with Crippen LogP contribution in [-0.2, 0) is 6.54 Å². The van der Waals surface area contributed by atoms with Gasteiger partial charge in [-0.05, 0) is 38.7 Å². The van der Waals surface area contributed by atoms with Crippen LogP contribution in [0.4, 0.5) is 0 Å². The Kier molecular flexibility index (Phi) is 6.62. The van der Waals surface area contributed by atoms with Gasteiger partial charge in [0.25, 0.3) is 0 Å². The summed E-state index contributed by atoms with van der Waals surface area (Å²) in [5.41, 5.74) is 2.27. The Morgan fingerprint density at radius 2 is 2.11 bits per heavy atom. The van der Waals surface area contributed by atoms with Gasteiger partial charge in [0, 0.05) is 30.1 Å². The molecule has 2 aromatic rings. The predicted molar refractivity (Wildman–Crippen MR) is 121 cm³/mol. The summed E-state index contributed by atoms with van der Waals surface area (Å²) in [5.74, 6) is 1.83. The maximum absolute atomic E-state index is 6.45. The van der Waals surface area contributed by atoms with Crippen molar-refractivity contribution >= 4 is 41.3 Å². The van der Waals surface area contributed by atoms with E-state index in [9.17, 15) is 0 Å². The molecular weight excluding hydrogens is 471 g/mol. The molecule has 2 heterocycles. The second-order valence-corrected chi connectivity index (χ2v) is 8.18. The highest BCUT2D eigenvalue weighted by Crippen LogP contribution is 2.46. The van der Waals surface area contributed by atoms with Crippen molar-refractivity contribution in [1.82, 2.24) is 15.6 Å². The molecule has 0 saturated heterocycles. The van der Waals surface area contributed by atoms with Crippen LogP contribution in [0.15, 0.2) is 34.6 Å². The van der Waals surface area contributed by atoms with Crippen LogP contribution in [0.3, 0.4) is 0 Å². The first-order valence-corrected chi connectivity index (χ1v) is 10.2. The van der Waals surface area contributed by atoms with E-state index in [-0.39, 0.29) is 35.6 Å². The average molecular weight is 498 g/mol. The van der Waals surface area contributed by atoms with Crippen molar-refractivity contribution in [2.24, 2.45) is 4.99 Å². The minimum atomic E-state index is -0.0166. The molecule has 1 unspecified atom stereocenters. The van der Waals surface area contributed by atoms with Crippen molar-refractivity contribution in [1.29, 1.82) is 0 Å². The van der Waals surface area contributed by atoms with Crippen molar-refractivity contribution in [2.75, 3.05) is 7.05 Å². The van der Waals surface area contributed by atoms with Crippen LogP contribution in [-0.4, -0.2) is 23.6 Å². The number of aromatic nitrogens is 1. The van der Waals surface area contributed by atoms with Gasteiger partial charge in [0.1, 0.15) is 16.4 Å². The molecule has 1 fully saturated rings. The first-order chi connectivity index (χ1) is 12.7. The van der Waals surface area contributed by atoms with E-state index in [1.54, 1.807) is 11.3 Å². The van der Waals surface area contributed by atoms with Gasteiger partial charge in [0.2, 0.25) is 0 Å². The third-order valence-electron chi connectivity index (χ3n) is 5.32. The number of rotatable bonds is 3. The molecule has 1 aliphatic carbocycles. The van der Waals surface area contributed by atoms with Crippen molar-refractivity contribution < 1.29 is 4.74 Å². The van der Waals surface area contributed by atoms with Gasteiger partial charge in [0.05, 0.1) is 12.6 Å². The number of nitrogens with zero attached hydrogens (tertiary/aromatic N) is 2. The number of halogens is 1. The minimum Gasteiger partial charge on any atom is -0.487 e. The van der Waals surface area contributed by atoms with E-state index in [1.807, 2.05) is 14.0 Å². The second kappa shape index (κ2) is 8.77. The highest BCUT2D eigenvalue weighted by atomic mass is 127. The number of hydrogen-bond donors (Lipinski definition) is 2. The molecule has 5 nitrogen and oxygen atoms in total. The van der Waals surface area contributed by atoms with Crippen LogP contribution in [0, 0.1) is 6.92 Å². The van der Waals surface area contributed by atoms with Gasteiger partial charge < -0.3 is 15.4 Å². The van der Waals surface area contributed by atoms with E-state index >= 15 is 0 Å². The third-order valence-corrected chi connectivity index (χ3v) is 6.29. The predicted octanol–water partition coefficient (Wildman–Crippen LogP) is 4.57. The lowest BCUT2D eigenvalue weighted by Gasteiger charge is -2.40. The number of aryl methyl sites for hydroxylation is 1. The lowest BCUT2D eigenvalue weighted by atomic mass is 9.86. The molecule has 27 heavy (non-hydrogen) atoms. The molecule has 1 atom stereocenters. The highest BCUT2D eigenvalue weighted by Gasteiger charge is 2.43. The lowest BCUT2D eigenvalue weighted by molar-refractivity contribution is 0.0396. The van der Waals surface area contributed by atoms with E-state index in [0.717, 1.165) is 41.7 Å². The van der Waals surface area contributed by atoms with E-state index in [1.165, 1.54) is 18.4 Å². The van der Waals surface area contributed by atoms with E-state index < -0.39 is 0 Å². The number of ether oxygens (including phenoxy) is 1. The van der Waals surface area contributed by atoms with Gasteiger partial charge in [-0.15, -0.1) is 35.3 Å². The molecule has 0 bridgehead atoms. The van der Waals surface area contributed by atoms with Crippen LogP contribution in [0.5, 0.6) is 5.75 Å². The standard InChI is InChI=1S/C20H26N4OS.HI/c1-14-13-26-18(23-14)12-22-19(21-2)24-16-11-20(9-5-6-10-20)25-17-8-4-3-7-15(16)17;/h3-4,7-8,13,16H,5-6,9-12H2,1-2H3,(H2,21,22,24);1H. The fourth-order valence-corrected chi connectivity index (χ4v) is 4.79. The maximum atomic E-state index is 6.45. The third kappa shape index (κ3) is 4.56. The monoisotopic (exact) mass is 498 g/mol. The molecule has 1 aromatic carbocycles. The molecule has 1 spiro atoms. The summed E-state index contributed by atoms with van der Waals surface area (Å²) in [4.78, 5) is 8.93. The average Bonchev–Trinajstić information content (AvgIpc) is 3.27. The van der Waals surface area contributed by atoms with Crippen molar-refractivity contribution in [3.63, 3.8) is 0 Å². The van der Waals surface area contributed by atoms with E-state index in [2.05, 4.69) is 50.3 Å². The Morgan fingerprint density at radius 1 is 1.33 bits per heavy atom. The summed E-state index contributed by atoms with van der Waals surface area (Å²) in [6.45, 7) is 2.71. The van der Waals surface area contributed by atoms with Gasteiger partial charge >= 0.3 is 0 Å². The first kappa shape index (κ1) is 20.4. The number of benzene rings is 1. The zero-order valence-corrected chi connectivity index (χ0v) is 19.0. The molecule has 0 radical (unpaired) electrons. The first-order valence-electron chi connectivity index (χ1n) is 9.34. The summed E-state index contributed by atoms with van der Waals surface area (Å²) in [6.07, 6.45) is 5.78. The van der Waals surface area contributed by atoms with Gasteiger partial charge in [-0.2, -0.15) is 0 Å². The molecule has 7 heteroatoms. The molecule has 146 valence electrons. The smallest absolute Gasteiger partial charge is 0.191 e. The summed E-state index contributed by atoms with van der Waals surface area (Å²) < 4.78 is 6.45. The second-order valence-electron chi connectivity index (χ2n) is 7.24. The largest absolute Gasteiger partial charge is 0.487 e. The van der Waals surface area contributed by atoms with E-state index in [4.69, 9.17) is 4.74 Å². The van der Waals surface area contributed by atoms with Crippen LogP contribution in [0.2, 0.25) is 0 Å². The number of hydrogen-bond acceptors (Lipinski definition) is 4. The van der Waals surface area contributed by atoms with Gasteiger partial charge in [-0.1, -0.05) is 18.2 Å². The number of nitrogens with one attached hydrogen (secondary N) is 2. The molecule has 0 amide bonds. The number of fused-ring (bicyclic) bond motifs is 1. The molecule has 2 N–H and O–H groups in total. The Balaban J connectivity index is 0.00000210. The summed E-state index contributed by atoms with van der Waals surface area (Å²) in [5, 5.41) is 10.2. The number of aliphatic imine (C=N–C) groups is 1. The topological polar surface area (TPSA) is 58.5 Å². The molecule has 1 aliphatic heterocycles. The van der Waals surface area contributed by atoms with Gasteiger partial charge in [-0.3, -0.25) is 4.99 Å². The maximum Gasteiger partial charge on any atom is 0.191 e. The highest BCUT2D eigenvalue weighted by molar-refractivity contribution is 14.0. The van der Waals surface area contributed by atoms with Crippen molar-refractivity contribution in [3.8, 4) is 5.75 Å². The number of para-hydroxylation sites is 1. The quantitative estimate of drug-likeness (QED) is 0.370. The molecule has 2 aliphatic rings. The van der Waals surface area contributed by atoms with Gasteiger partial charge in [0.15, 0.2) is 5.96 Å². The summed E-state index contributed by atoms with van der Waals surface area (Å²) in [7, 11) is 1.82. The Morgan fingerprint density at radius 3 is 2.81 bits per heavy atom. The Bertz CT molecular complexity index is 801. The van der Waals surface area contributed by atoms with Crippen LogP contribution >= 0.6 is 35.3 Å². The summed E-state index contributed by atoms with van der Waals surface area (Å²) >= 11 is 1.68. The zero-order chi connectivity index (χ0) is 18.0. The molecule has 1 aromatic heterocycles. The molecule has 1 saturated carbocycles. The minimum absolute atomic E-state index is 0. The normalized spacial score (nSPS) is 20.5. The van der Waals surface area contributed by atoms with Crippen LogP contribution < -0.4 is 15.4 Å². The number of guanidine groups is 1. The van der Waals surface area contributed by atoms with Crippen LogP contribution in [0.1, 0.15) is 54.4 Å². The Labute approximate surface area is 182 Å². The van der Waals surface area contributed by atoms with Gasteiger partial charge in [-0.25, -0.2) is 4.98 Å². The number of thiazole rings is 1. The molecular formula is C20H27IN4OS. The van der Waals surface area contributed by atoms with Crippen molar-refractivity contribution in [3.05, 3.63) is 45.9 Å². The van der Waals surface area contributed by atoms with Crippen LogP contribution in [0.25, 0.3) is 0 Å². The lowest BCUT2D eigenvalue weighted by Crippen LogP contribution is -2.46. The Hall–Kier alpha value is -1.35. The van der Waals surface area contributed by atoms with Crippen molar-refractivity contribution in [2.45, 2.75) is 57.2 Å². The molecule has 4 rings (SSSR count). The van der Waals surface area contributed by atoms with E-state index in [0.29, 0.717) is 6.54 Å². The summed E-state index contributed by atoms with van der Waals surface area (Å²) in [6, 6.07) is 8.60. The zero-order valence-electron chi connectivity index (χ0n) is 15.8.